The van der Waals surface area contributed by atoms with Crippen molar-refractivity contribution in [3.63, 3.8) is 0 Å². The number of nitrogens with one attached hydrogen (secondary N) is 1. The summed E-state index contributed by atoms with van der Waals surface area (Å²) in [5, 5.41) is 4.74. The van der Waals surface area contributed by atoms with E-state index >= 15 is 0 Å². The normalized spacial score (nSPS) is 10.6. The summed E-state index contributed by atoms with van der Waals surface area (Å²) in [7, 11) is 0. The number of halogens is 4. The summed E-state index contributed by atoms with van der Waals surface area (Å²) >= 11 is 18.1. The molecule has 3 aromatic carbocycles. The molecule has 0 aliphatic rings. The molecule has 134 valence electrons. The van der Waals surface area contributed by atoms with Crippen LogP contribution in [-0.4, -0.2) is 0 Å². The molecule has 2 nitrogen and oxygen atoms in total. The van der Waals surface area contributed by atoms with Gasteiger partial charge in [-0.05, 0) is 36.4 Å². The lowest BCUT2D eigenvalue weighted by molar-refractivity contribution is 0.303. The van der Waals surface area contributed by atoms with Gasteiger partial charge in [0.1, 0.15) is 18.2 Å². The van der Waals surface area contributed by atoms with Crippen molar-refractivity contribution in [3.8, 4) is 5.75 Å². The van der Waals surface area contributed by atoms with Crippen LogP contribution in [0.2, 0.25) is 15.1 Å². The lowest BCUT2D eigenvalue weighted by Crippen LogP contribution is -2.04. The van der Waals surface area contributed by atoms with E-state index in [2.05, 4.69) is 5.32 Å². The third-order valence-electron chi connectivity index (χ3n) is 3.77. The van der Waals surface area contributed by atoms with Crippen molar-refractivity contribution in [1.29, 1.82) is 0 Å². The summed E-state index contributed by atoms with van der Waals surface area (Å²) in [4.78, 5) is 0. The molecule has 0 heterocycles. The number of ether oxygens (including phenoxy) is 1. The molecule has 0 spiro atoms. The van der Waals surface area contributed by atoms with Gasteiger partial charge >= 0.3 is 0 Å². The Morgan fingerprint density at radius 2 is 1.65 bits per heavy atom. The lowest BCUT2D eigenvalue weighted by atomic mass is 10.2. The highest BCUT2D eigenvalue weighted by atomic mass is 35.5. The Balaban J connectivity index is 1.69. The average molecular weight is 411 g/mol. The smallest absolute Gasteiger partial charge is 0.124 e. The third-order valence-corrected chi connectivity index (χ3v) is 4.67. The van der Waals surface area contributed by atoms with Gasteiger partial charge in [0, 0.05) is 22.7 Å². The zero-order valence-electron chi connectivity index (χ0n) is 13.6. The lowest BCUT2D eigenvalue weighted by Gasteiger charge is -2.14. The van der Waals surface area contributed by atoms with Gasteiger partial charge in [-0.3, -0.25) is 0 Å². The molecule has 26 heavy (non-hydrogen) atoms. The molecule has 0 saturated carbocycles. The number of hydrogen-bond donors (Lipinski definition) is 1. The van der Waals surface area contributed by atoms with E-state index in [0.29, 0.717) is 27.4 Å². The van der Waals surface area contributed by atoms with Gasteiger partial charge in [-0.2, -0.15) is 0 Å². The van der Waals surface area contributed by atoms with Gasteiger partial charge in [0.2, 0.25) is 0 Å². The Hall–Kier alpha value is -1.94. The van der Waals surface area contributed by atoms with Gasteiger partial charge in [-0.1, -0.05) is 59.1 Å². The highest BCUT2D eigenvalue weighted by Crippen LogP contribution is 2.27. The van der Waals surface area contributed by atoms with Crippen molar-refractivity contribution in [2.45, 2.75) is 13.2 Å². The summed E-state index contributed by atoms with van der Waals surface area (Å²) in [6.45, 7) is 0.770. The first-order valence-corrected chi connectivity index (χ1v) is 9.00. The molecule has 0 aliphatic heterocycles. The molecule has 0 amide bonds. The van der Waals surface area contributed by atoms with Crippen molar-refractivity contribution < 1.29 is 9.13 Å². The van der Waals surface area contributed by atoms with E-state index in [1.54, 1.807) is 18.2 Å². The fraction of sp³-hybridized carbons (Fsp3) is 0.100. The first-order valence-electron chi connectivity index (χ1n) is 7.86. The number of para-hydroxylation sites is 1. The van der Waals surface area contributed by atoms with Crippen molar-refractivity contribution in [2.24, 2.45) is 0 Å². The van der Waals surface area contributed by atoms with Crippen molar-refractivity contribution in [3.05, 3.63) is 92.7 Å². The largest absolute Gasteiger partial charge is 0.488 e. The van der Waals surface area contributed by atoms with E-state index in [9.17, 15) is 4.39 Å². The maximum absolute atomic E-state index is 13.1. The Bertz CT molecular complexity index is 843. The van der Waals surface area contributed by atoms with Crippen LogP contribution in [0.25, 0.3) is 0 Å². The second-order valence-electron chi connectivity index (χ2n) is 5.61. The predicted octanol–water partition coefficient (Wildman–Crippen LogP) is 6.98. The van der Waals surface area contributed by atoms with E-state index < -0.39 is 0 Å². The minimum Gasteiger partial charge on any atom is -0.488 e. The molecule has 6 heteroatoms. The van der Waals surface area contributed by atoms with Gasteiger partial charge in [-0.25, -0.2) is 4.39 Å². The summed E-state index contributed by atoms with van der Waals surface area (Å²) in [5.74, 6) is 0.341. The first-order chi connectivity index (χ1) is 12.5. The molecule has 3 aromatic rings. The SMILES string of the molecule is Fc1ccc(COc2ccccc2CNc2ccc(Cl)cc2Cl)c(Cl)c1. The summed E-state index contributed by atoms with van der Waals surface area (Å²) < 4.78 is 19.0. The van der Waals surface area contributed by atoms with Crippen molar-refractivity contribution >= 4 is 40.5 Å². The fourth-order valence-electron chi connectivity index (χ4n) is 2.41. The fourth-order valence-corrected chi connectivity index (χ4v) is 3.11. The monoisotopic (exact) mass is 409 g/mol. The van der Waals surface area contributed by atoms with Gasteiger partial charge in [-0.15, -0.1) is 0 Å². The summed E-state index contributed by atoms with van der Waals surface area (Å²) in [6.07, 6.45) is 0. The summed E-state index contributed by atoms with van der Waals surface area (Å²) in [6, 6.07) is 17.2. The zero-order chi connectivity index (χ0) is 18.5. The van der Waals surface area contributed by atoms with Crippen LogP contribution in [-0.2, 0) is 13.2 Å². The molecule has 0 fully saturated rings. The van der Waals surface area contributed by atoms with Gasteiger partial charge in [0.05, 0.1) is 15.7 Å². The van der Waals surface area contributed by atoms with Crippen molar-refractivity contribution in [2.75, 3.05) is 5.32 Å². The second kappa shape index (κ2) is 8.63. The minimum atomic E-state index is -0.372. The Labute approximate surface area is 166 Å². The van der Waals surface area contributed by atoms with Crippen LogP contribution < -0.4 is 10.1 Å². The van der Waals surface area contributed by atoms with Gasteiger partial charge < -0.3 is 10.1 Å². The third kappa shape index (κ3) is 4.82. The van der Waals surface area contributed by atoms with Crippen LogP contribution in [0.4, 0.5) is 10.1 Å². The molecule has 1 N–H and O–H groups in total. The van der Waals surface area contributed by atoms with E-state index in [-0.39, 0.29) is 12.4 Å². The Kier molecular flexibility index (Phi) is 6.25. The topological polar surface area (TPSA) is 21.3 Å². The molecular formula is C20H15Cl3FNO. The maximum atomic E-state index is 13.1. The van der Waals surface area contributed by atoms with E-state index in [1.807, 2.05) is 30.3 Å². The maximum Gasteiger partial charge on any atom is 0.124 e. The molecule has 0 unspecified atom stereocenters. The highest BCUT2D eigenvalue weighted by molar-refractivity contribution is 6.36. The number of rotatable bonds is 6. The van der Waals surface area contributed by atoms with Crippen LogP contribution in [0.1, 0.15) is 11.1 Å². The molecule has 0 atom stereocenters. The molecule has 0 aliphatic carbocycles. The molecule has 0 bridgehead atoms. The number of anilines is 1. The van der Waals surface area contributed by atoms with Crippen LogP contribution in [0, 0.1) is 5.82 Å². The van der Waals surface area contributed by atoms with Gasteiger partial charge in [0.15, 0.2) is 0 Å². The van der Waals surface area contributed by atoms with Crippen molar-refractivity contribution in [1.82, 2.24) is 0 Å². The van der Waals surface area contributed by atoms with E-state index in [4.69, 9.17) is 39.5 Å². The molecule has 3 rings (SSSR count). The second-order valence-corrected chi connectivity index (χ2v) is 6.86. The Morgan fingerprint density at radius 1 is 0.846 bits per heavy atom. The molecular weight excluding hydrogens is 396 g/mol. The first kappa shape index (κ1) is 18.8. The predicted molar refractivity (Wildman–Crippen MR) is 106 cm³/mol. The Morgan fingerprint density at radius 3 is 2.42 bits per heavy atom. The van der Waals surface area contributed by atoms with Crippen LogP contribution >= 0.6 is 34.8 Å². The van der Waals surface area contributed by atoms with E-state index in [0.717, 1.165) is 16.8 Å². The standard InChI is InChI=1S/C20H15Cl3FNO/c21-15-6-8-19(18(23)9-15)25-11-13-3-1-2-4-20(13)26-12-14-5-7-16(24)10-17(14)22/h1-10,25H,11-12H2. The van der Waals surface area contributed by atoms with Crippen LogP contribution in [0.5, 0.6) is 5.75 Å². The quantitative estimate of drug-likeness (QED) is 0.473. The van der Waals surface area contributed by atoms with E-state index in [1.165, 1.54) is 12.1 Å². The van der Waals surface area contributed by atoms with Gasteiger partial charge in [0.25, 0.3) is 0 Å². The van der Waals surface area contributed by atoms with Crippen LogP contribution in [0.15, 0.2) is 60.7 Å². The molecule has 0 radical (unpaired) electrons. The van der Waals surface area contributed by atoms with Crippen LogP contribution in [0.3, 0.4) is 0 Å². The molecule has 0 aromatic heterocycles. The highest BCUT2D eigenvalue weighted by Gasteiger charge is 2.08. The zero-order valence-corrected chi connectivity index (χ0v) is 15.9. The minimum absolute atomic E-state index is 0.248. The number of benzene rings is 3. The number of hydrogen-bond acceptors (Lipinski definition) is 2. The summed E-state index contributed by atoms with van der Waals surface area (Å²) in [5.41, 5.74) is 2.46. The molecule has 0 saturated heterocycles. The average Bonchev–Trinajstić information content (AvgIpc) is 2.61.